The van der Waals surface area contributed by atoms with Crippen LogP contribution in [0, 0.1) is 5.92 Å². The molecule has 0 aliphatic carbocycles. The number of hydrogen-bond donors (Lipinski definition) is 0. The van der Waals surface area contributed by atoms with E-state index in [2.05, 4.69) is 4.99 Å². The number of amidine groups is 1. The van der Waals surface area contributed by atoms with E-state index in [9.17, 15) is 26.4 Å². The van der Waals surface area contributed by atoms with E-state index in [1.165, 1.54) is 11.0 Å². The smallest absolute Gasteiger partial charge is 0.316 e. The third-order valence-electron chi connectivity index (χ3n) is 4.84. The lowest BCUT2D eigenvalue weighted by Crippen LogP contribution is -2.38. The number of alkyl halides is 3. The molecule has 0 radical (unpaired) electrons. The molecule has 0 bridgehead atoms. The normalized spacial score (nSPS) is 26.5. The summed E-state index contributed by atoms with van der Waals surface area (Å²) in [5.41, 5.74) is -0.905. The third kappa shape index (κ3) is 4.18. The maximum absolute atomic E-state index is 13.3. The molecule has 5 nitrogen and oxygen atoms in total. The molecule has 28 heavy (non-hydrogen) atoms. The number of carbonyl (C=O) groups excluding carboxylic acids is 1. The predicted octanol–water partition coefficient (Wildman–Crippen LogP) is 4.01. The standard InChI is InChI=1S/C17H18ClF3N2O3S2/c1-3-9(2)15(24)22-16-23(13-7-28(25,26)8-14(13)27-16)10-4-5-12(18)11(6-10)17(19,20)21/h4-6,9,13-14H,3,7-8H2,1-2H3/t9-,13-,14-/m0/s1. The van der Waals surface area contributed by atoms with E-state index in [-0.39, 0.29) is 34.2 Å². The summed E-state index contributed by atoms with van der Waals surface area (Å²) in [7, 11) is -3.32. The fourth-order valence-corrected chi connectivity index (χ4v) is 7.27. The SMILES string of the molecule is CC[C@H](C)C(=O)N=C1S[C@H]2CS(=O)(=O)C[C@@H]2N1c1ccc(Cl)c(C(F)(F)F)c1. The number of anilines is 1. The number of sulfone groups is 1. The van der Waals surface area contributed by atoms with Crippen LogP contribution in [-0.4, -0.2) is 42.3 Å². The maximum atomic E-state index is 13.3. The van der Waals surface area contributed by atoms with Crippen molar-refractivity contribution < 1.29 is 26.4 Å². The number of benzene rings is 1. The number of fused-ring (bicyclic) bond motifs is 1. The Morgan fingerprint density at radius 3 is 2.68 bits per heavy atom. The summed E-state index contributed by atoms with van der Waals surface area (Å²) in [5, 5.41) is -0.614. The highest BCUT2D eigenvalue weighted by molar-refractivity contribution is 8.16. The molecule has 3 atom stereocenters. The molecule has 0 unspecified atom stereocenters. The van der Waals surface area contributed by atoms with Crippen molar-refractivity contribution in [2.75, 3.05) is 16.4 Å². The minimum Gasteiger partial charge on any atom is -0.316 e. The zero-order valence-corrected chi connectivity index (χ0v) is 17.4. The lowest BCUT2D eigenvalue weighted by molar-refractivity contribution is -0.137. The van der Waals surface area contributed by atoms with Gasteiger partial charge in [0.15, 0.2) is 15.0 Å². The molecule has 2 saturated heterocycles. The third-order valence-corrected chi connectivity index (χ3v) is 8.38. The fraction of sp³-hybridized carbons (Fsp3) is 0.529. The topological polar surface area (TPSA) is 66.8 Å². The number of rotatable bonds is 3. The molecule has 1 aromatic rings. The molecule has 154 valence electrons. The molecule has 2 aliphatic heterocycles. The summed E-state index contributed by atoms with van der Waals surface area (Å²) in [6.45, 7) is 3.55. The molecular formula is C17H18ClF3N2O3S2. The number of thioether (sulfide) groups is 1. The first-order valence-electron chi connectivity index (χ1n) is 8.58. The molecule has 2 aliphatic rings. The van der Waals surface area contributed by atoms with E-state index in [0.29, 0.717) is 6.42 Å². The molecule has 0 aromatic heterocycles. The van der Waals surface area contributed by atoms with Crippen molar-refractivity contribution in [3.8, 4) is 0 Å². The van der Waals surface area contributed by atoms with Crippen molar-refractivity contribution in [2.45, 2.75) is 37.7 Å². The highest BCUT2D eigenvalue weighted by Gasteiger charge is 2.50. The minimum absolute atomic E-state index is 0.102. The van der Waals surface area contributed by atoms with Crippen LogP contribution in [0.5, 0.6) is 0 Å². The van der Waals surface area contributed by atoms with Crippen LogP contribution in [0.15, 0.2) is 23.2 Å². The van der Waals surface area contributed by atoms with E-state index >= 15 is 0 Å². The van der Waals surface area contributed by atoms with E-state index < -0.39 is 37.9 Å². The summed E-state index contributed by atoms with van der Waals surface area (Å²) in [6.07, 6.45) is -4.09. The number of aliphatic imine (C=N–C) groups is 1. The molecule has 2 fully saturated rings. The maximum Gasteiger partial charge on any atom is 0.417 e. The molecule has 0 saturated carbocycles. The van der Waals surface area contributed by atoms with Gasteiger partial charge in [-0.15, -0.1) is 0 Å². The van der Waals surface area contributed by atoms with Crippen molar-refractivity contribution in [1.29, 1.82) is 0 Å². The zero-order valence-electron chi connectivity index (χ0n) is 15.0. The zero-order chi connectivity index (χ0) is 20.9. The van der Waals surface area contributed by atoms with Gasteiger partial charge in [-0.2, -0.15) is 18.2 Å². The van der Waals surface area contributed by atoms with Crippen LogP contribution < -0.4 is 4.90 Å². The first-order chi connectivity index (χ1) is 12.9. The van der Waals surface area contributed by atoms with Crippen molar-refractivity contribution in [3.63, 3.8) is 0 Å². The van der Waals surface area contributed by atoms with Gasteiger partial charge in [0.25, 0.3) is 5.91 Å². The number of amides is 1. The van der Waals surface area contributed by atoms with Gasteiger partial charge < -0.3 is 4.90 Å². The van der Waals surface area contributed by atoms with E-state index in [0.717, 1.165) is 23.9 Å². The summed E-state index contributed by atoms with van der Waals surface area (Å²) in [4.78, 5) is 17.8. The Morgan fingerprint density at radius 1 is 1.39 bits per heavy atom. The van der Waals surface area contributed by atoms with Gasteiger partial charge in [0, 0.05) is 16.9 Å². The molecular weight excluding hydrogens is 437 g/mol. The van der Waals surface area contributed by atoms with Crippen molar-refractivity contribution in [2.24, 2.45) is 10.9 Å². The molecule has 0 spiro atoms. The van der Waals surface area contributed by atoms with Crippen LogP contribution >= 0.6 is 23.4 Å². The summed E-state index contributed by atoms with van der Waals surface area (Å²) in [5.74, 6) is -1.03. The Balaban J connectivity index is 2.07. The van der Waals surface area contributed by atoms with Crippen molar-refractivity contribution in [1.82, 2.24) is 0 Å². The van der Waals surface area contributed by atoms with Crippen LogP contribution in [-0.2, 0) is 20.8 Å². The van der Waals surface area contributed by atoms with E-state index in [1.54, 1.807) is 6.92 Å². The monoisotopic (exact) mass is 454 g/mol. The largest absolute Gasteiger partial charge is 0.417 e. The van der Waals surface area contributed by atoms with Gasteiger partial charge in [0.05, 0.1) is 28.1 Å². The molecule has 1 aromatic carbocycles. The van der Waals surface area contributed by atoms with E-state index in [1.807, 2.05) is 6.92 Å². The van der Waals surface area contributed by atoms with Gasteiger partial charge in [-0.3, -0.25) is 4.79 Å². The molecule has 1 amide bonds. The fourth-order valence-electron chi connectivity index (χ4n) is 3.13. The summed E-state index contributed by atoms with van der Waals surface area (Å²) >= 11 is 6.82. The van der Waals surface area contributed by atoms with Crippen molar-refractivity contribution in [3.05, 3.63) is 28.8 Å². The first-order valence-corrected chi connectivity index (χ1v) is 11.7. The predicted molar refractivity (Wildman–Crippen MR) is 105 cm³/mol. The van der Waals surface area contributed by atoms with Gasteiger partial charge in [-0.1, -0.05) is 37.2 Å². The lowest BCUT2D eigenvalue weighted by Gasteiger charge is -2.25. The molecule has 3 rings (SSSR count). The second-order valence-electron chi connectivity index (χ2n) is 6.87. The molecule has 0 N–H and O–H groups in total. The van der Waals surface area contributed by atoms with Crippen LogP contribution in [0.3, 0.4) is 0 Å². The minimum atomic E-state index is -4.66. The first kappa shape index (κ1) is 21.4. The summed E-state index contributed by atoms with van der Waals surface area (Å²) < 4.78 is 63.9. The Hall–Kier alpha value is -1.26. The average Bonchev–Trinajstić information content (AvgIpc) is 3.04. The Bertz CT molecular complexity index is 934. The Labute approximate surface area is 170 Å². The quantitative estimate of drug-likeness (QED) is 0.690. The molecule has 2 heterocycles. The number of hydrogen-bond acceptors (Lipinski definition) is 4. The highest BCUT2D eigenvalue weighted by Crippen LogP contribution is 2.43. The van der Waals surface area contributed by atoms with E-state index in [4.69, 9.17) is 11.6 Å². The highest BCUT2D eigenvalue weighted by atomic mass is 35.5. The molecule has 11 heteroatoms. The number of carbonyl (C=O) groups is 1. The number of halogens is 4. The van der Waals surface area contributed by atoms with Crippen LogP contribution in [0.25, 0.3) is 0 Å². The average molecular weight is 455 g/mol. The Morgan fingerprint density at radius 2 is 2.07 bits per heavy atom. The Kier molecular flexibility index (Phi) is 5.77. The van der Waals surface area contributed by atoms with Crippen LogP contribution in [0.4, 0.5) is 18.9 Å². The van der Waals surface area contributed by atoms with Gasteiger partial charge >= 0.3 is 6.18 Å². The van der Waals surface area contributed by atoms with Gasteiger partial charge in [-0.05, 0) is 24.6 Å². The summed E-state index contributed by atoms with van der Waals surface area (Å²) in [6, 6.07) is 2.80. The van der Waals surface area contributed by atoms with Crippen molar-refractivity contribution >= 4 is 50.0 Å². The second kappa shape index (κ2) is 7.53. The van der Waals surface area contributed by atoms with Gasteiger partial charge in [-0.25, -0.2) is 8.42 Å². The van der Waals surface area contributed by atoms with Gasteiger partial charge in [0.2, 0.25) is 0 Å². The lowest BCUT2D eigenvalue weighted by atomic mass is 10.1. The van der Waals surface area contributed by atoms with Gasteiger partial charge in [0.1, 0.15) is 0 Å². The van der Waals surface area contributed by atoms with Crippen LogP contribution in [0.1, 0.15) is 25.8 Å². The number of nitrogens with zero attached hydrogens (tertiary/aromatic N) is 2. The second-order valence-corrected chi connectivity index (χ2v) is 10.6. The van der Waals surface area contributed by atoms with Crippen LogP contribution in [0.2, 0.25) is 5.02 Å².